The minimum atomic E-state index is -1.19. The van der Waals surface area contributed by atoms with Crippen LogP contribution in [0.1, 0.15) is 40.4 Å². The SMILES string of the molecule is COC1(CNC(=O)c2ccc(C(=O)O)o2)CCC1. The highest BCUT2D eigenvalue weighted by atomic mass is 16.5. The van der Waals surface area contributed by atoms with E-state index in [0.29, 0.717) is 6.54 Å². The summed E-state index contributed by atoms with van der Waals surface area (Å²) in [5.74, 6) is -1.87. The van der Waals surface area contributed by atoms with Gasteiger partial charge in [0.25, 0.3) is 5.91 Å². The van der Waals surface area contributed by atoms with Crippen molar-refractivity contribution in [3.8, 4) is 0 Å². The average molecular weight is 253 g/mol. The minimum absolute atomic E-state index is 0.00187. The predicted octanol–water partition coefficient (Wildman–Crippen LogP) is 1.28. The Hall–Kier alpha value is -1.82. The zero-order chi connectivity index (χ0) is 13.2. The van der Waals surface area contributed by atoms with Crippen LogP contribution < -0.4 is 5.32 Å². The summed E-state index contributed by atoms with van der Waals surface area (Å²) in [6.45, 7) is 0.408. The van der Waals surface area contributed by atoms with E-state index in [0.717, 1.165) is 19.3 Å². The second-order valence-corrected chi connectivity index (χ2v) is 4.39. The molecule has 0 spiro atoms. The normalized spacial score (nSPS) is 16.9. The Morgan fingerprint density at radius 3 is 2.56 bits per heavy atom. The first-order valence-electron chi connectivity index (χ1n) is 5.73. The lowest BCUT2D eigenvalue weighted by atomic mass is 9.80. The van der Waals surface area contributed by atoms with Crippen molar-refractivity contribution in [1.82, 2.24) is 5.32 Å². The van der Waals surface area contributed by atoms with Crippen LogP contribution in [0.4, 0.5) is 0 Å². The Kier molecular flexibility index (Phi) is 3.38. The molecule has 6 heteroatoms. The van der Waals surface area contributed by atoms with Crippen LogP contribution in [0.5, 0.6) is 0 Å². The number of hydrogen-bond acceptors (Lipinski definition) is 4. The van der Waals surface area contributed by atoms with Gasteiger partial charge >= 0.3 is 5.97 Å². The molecular weight excluding hydrogens is 238 g/mol. The highest BCUT2D eigenvalue weighted by Crippen LogP contribution is 2.34. The molecule has 1 fully saturated rings. The van der Waals surface area contributed by atoms with Crippen LogP contribution in [-0.2, 0) is 4.74 Å². The minimum Gasteiger partial charge on any atom is -0.475 e. The summed E-state index contributed by atoms with van der Waals surface area (Å²) in [5.41, 5.74) is -0.266. The maximum absolute atomic E-state index is 11.7. The Labute approximate surface area is 104 Å². The van der Waals surface area contributed by atoms with Gasteiger partial charge < -0.3 is 19.6 Å². The van der Waals surface area contributed by atoms with Gasteiger partial charge in [0.1, 0.15) is 0 Å². The summed E-state index contributed by atoms with van der Waals surface area (Å²) in [6, 6.07) is 2.60. The first-order valence-corrected chi connectivity index (χ1v) is 5.73. The summed E-state index contributed by atoms with van der Waals surface area (Å²) < 4.78 is 10.3. The van der Waals surface area contributed by atoms with E-state index in [1.54, 1.807) is 7.11 Å². The van der Waals surface area contributed by atoms with Crippen LogP contribution in [0, 0.1) is 0 Å². The number of aromatic carboxylic acids is 1. The fourth-order valence-corrected chi connectivity index (χ4v) is 1.93. The summed E-state index contributed by atoms with van der Waals surface area (Å²) in [5, 5.41) is 11.4. The molecular formula is C12H15NO5. The maximum Gasteiger partial charge on any atom is 0.371 e. The van der Waals surface area contributed by atoms with E-state index < -0.39 is 11.9 Å². The van der Waals surface area contributed by atoms with Gasteiger partial charge in [0.2, 0.25) is 5.76 Å². The molecule has 1 aromatic heterocycles. The van der Waals surface area contributed by atoms with E-state index >= 15 is 0 Å². The highest BCUT2D eigenvalue weighted by molar-refractivity contribution is 5.93. The Bertz CT molecular complexity index is 455. The fraction of sp³-hybridized carbons (Fsp3) is 0.500. The van der Waals surface area contributed by atoms with Gasteiger partial charge in [-0.05, 0) is 31.4 Å². The fourth-order valence-electron chi connectivity index (χ4n) is 1.93. The second kappa shape index (κ2) is 4.81. The molecule has 2 rings (SSSR count). The Morgan fingerprint density at radius 2 is 2.11 bits per heavy atom. The summed E-state index contributed by atoms with van der Waals surface area (Å²) >= 11 is 0. The van der Waals surface area contributed by atoms with Gasteiger partial charge in [-0.25, -0.2) is 4.79 Å². The van der Waals surface area contributed by atoms with Crippen molar-refractivity contribution in [2.75, 3.05) is 13.7 Å². The van der Waals surface area contributed by atoms with Crippen molar-refractivity contribution >= 4 is 11.9 Å². The molecule has 1 aromatic rings. The molecule has 0 radical (unpaired) electrons. The molecule has 6 nitrogen and oxygen atoms in total. The number of carbonyl (C=O) groups excluding carboxylic acids is 1. The largest absolute Gasteiger partial charge is 0.475 e. The van der Waals surface area contributed by atoms with Crippen molar-refractivity contribution in [1.29, 1.82) is 0 Å². The first kappa shape index (κ1) is 12.6. The van der Waals surface area contributed by atoms with Crippen LogP contribution in [0.25, 0.3) is 0 Å². The van der Waals surface area contributed by atoms with Gasteiger partial charge in [0.15, 0.2) is 5.76 Å². The lowest BCUT2D eigenvalue weighted by Crippen LogP contribution is -2.49. The van der Waals surface area contributed by atoms with Crippen molar-refractivity contribution in [3.05, 3.63) is 23.7 Å². The lowest BCUT2D eigenvalue weighted by molar-refractivity contribution is -0.0680. The smallest absolute Gasteiger partial charge is 0.371 e. The lowest BCUT2D eigenvalue weighted by Gasteiger charge is -2.40. The van der Waals surface area contributed by atoms with E-state index in [2.05, 4.69) is 5.32 Å². The highest BCUT2D eigenvalue weighted by Gasteiger charge is 2.37. The number of rotatable bonds is 5. The third-order valence-corrected chi connectivity index (χ3v) is 3.31. The molecule has 98 valence electrons. The number of hydrogen-bond donors (Lipinski definition) is 2. The molecule has 1 heterocycles. The molecule has 1 aliphatic rings. The standard InChI is InChI=1S/C12H15NO5/c1-17-12(5-2-6-12)7-13-10(14)8-3-4-9(18-8)11(15)16/h3-4H,2,5-7H2,1H3,(H,13,14)(H,15,16). The number of ether oxygens (including phenoxy) is 1. The molecule has 1 amide bonds. The van der Waals surface area contributed by atoms with Crippen molar-refractivity contribution < 1.29 is 23.8 Å². The average Bonchev–Trinajstić information content (AvgIpc) is 2.77. The van der Waals surface area contributed by atoms with Crippen LogP contribution in [-0.4, -0.2) is 36.2 Å². The zero-order valence-corrected chi connectivity index (χ0v) is 10.1. The van der Waals surface area contributed by atoms with E-state index in [4.69, 9.17) is 14.3 Å². The van der Waals surface area contributed by atoms with E-state index in [9.17, 15) is 9.59 Å². The van der Waals surface area contributed by atoms with Gasteiger partial charge in [-0.1, -0.05) is 0 Å². The summed E-state index contributed by atoms with van der Waals surface area (Å²) in [7, 11) is 1.63. The number of carboxylic acids is 1. The first-order chi connectivity index (χ1) is 8.56. The van der Waals surface area contributed by atoms with Gasteiger partial charge in [-0.15, -0.1) is 0 Å². The van der Waals surface area contributed by atoms with E-state index in [-0.39, 0.29) is 17.1 Å². The van der Waals surface area contributed by atoms with Crippen LogP contribution in [0.3, 0.4) is 0 Å². The molecule has 0 atom stereocenters. The Morgan fingerprint density at radius 1 is 1.44 bits per heavy atom. The number of carboxylic acid groups (broad SMARTS) is 1. The van der Waals surface area contributed by atoms with Gasteiger partial charge in [-0.3, -0.25) is 4.79 Å². The third kappa shape index (κ3) is 2.38. The van der Waals surface area contributed by atoms with Crippen molar-refractivity contribution in [2.45, 2.75) is 24.9 Å². The van der Waals surface area contributed by atoms with Crippen molar-refractivity contribution in [2.24, 2.45) is 0 Å². The van der Waals surface area contributed by atoms with E-state index in [1.807, 2.05) is 0 Å². The second-order valence-electron chi connectivity index (χ2n) is 4.39. The predicted molar refractivity (Wildman–Crippen MR) is 61.6 cm³/mol. The molecule has 18 heavy (non-hydrogen) atoms. The van der Waals surface area contributed by atoms with Gasteiger partial charge in [0, 0.05) is 13.7 Å². The number of methoxy groups -OCH3 is 1. The van der Waals surface area contributed by atoms with Crippen LogP contribution in [0.15, 0.2) is 16.5 Å². The van der Waals surface area contributed by atoms with Gasteiger partial charge in [-0.2, -0.15) is 0 Å². The molecule has 0 unspecified atom stereocenters. The molecule has 0 saturated heterocycles. The zero-order valence-electron chi connectivity index (χ0n) is 10.1. The third-order valence-electron chi connectivity index (χ3n) is 3.31. The van der Waals surface area contributed by atoms with E-state index in [1.165, 1.54) is 12.1 Å². The topological polar surface area (TPSA) is 88.8 Å². The maximum atomic E-state index is 11.7. The number of carbonyl (C=O) groups is 2. The number of furan rings is 1. The molecule has 1 saturated carbocycles. The summed E-state index contributed by atoms with van der Waals surface area (Å²) in [6.07, 6.45) is 2.93. The number of nitrogens with one attached hydrogen (secondary N) is 1. The van der Waals surface area contributed by atoms with Crippen LogP contribution >= 0.6 is 0 Å². The van der Waals surface area contributed by atoms with Crippen molar-refractivity contribution in [3.63, 3.8) is 0 Å². The Balaban J connectivity index is 1.93. The van der Waals surface area contributed by atoms with Crippen LogP contribution in [0.2, 0.25) is 0 Å². The quantitative estimate of drug-likeness (QED) is 0.825. The molecule has 0 aliphatic heterocycles. The van der Waals surface area contributed by atoms with Gasteiger partial charge in [0.05, 0.1) is 5.60 Å². The molecule has 2 N–H and O–H groups in total. The molecule has 0 aromatic carbocycles. The molecule has 1 aliphatic carbocycles. The monoisotopic (exact) mass is 253 g/mol. The number of amides is 1. The molecule has 0 bridgehead atoms. The summed E-state index contributed by atoms with van der Waals surface area (Å²) in [4.78, 5) is 22.3.